The van der Waals surface area contributed by atoms with Crippen LogP contribution in [-0.4, -0.2) is 5.43 Å². The molecule has 0 saturated heterocycles. The quantitative estimate of drug-likeness (QED) is 0.528. The molecule has 0 fully saturated rings. The largest absolute Gasteiger partial charge is 0.415 e. The first-order valence-corrected chi connectivity index (χ1v) is 3.09. The normalized spacial score (nSPS) is 8.09. The number of hydrogen-bond acceptors (Lipinski definition) is 2. The van der Waals surface area contributed by atoms with Gasteiger partial charge in [-0.2, -0.15) is 0 Å². The van der Waals surface area contributed by atoms with Gasteiger partial charge in [-0.15, -0.1) is 0 Å². The Hall–Kier alpha value is -0.501. The Labute approximate surface area is 80.0 Å². The van der Waals surface area contributed by atoms with Gasteiger partial charge in [-0.25, -0.2) is 4.79 Å². The molecule has 4 heteroatoms. The molecule has 0 saturated carbocycles. The van der Waals surface area contributed by atoms with E-state index in [2.05, 4.69) is 4.74 Å². The summed E-state index contributed by atoms with van der Waals surface area (Å²) >= 11 is 4.95. The van der Waals surface area contributed by atoms with Crippen LogP contribution in [0.5, 0.6) is 5.75 Å². The fraction of sp³-hybridized carbons (Fsp3) is 0. The Bertz CT molecular complexity index is 225. The molecule has 0 aliphatic heterocycles. The minimum atomic E-state index is -0.814. The second-order valence-corrected chi connectivity index (χ2v) is 1.96. The van der Waals surface area contributed by atoms with Crippen molar-refractivity contribution in [3.05, 3.63) is 30.3 Å². The van der Waals surface area contributed by atoms with Crippen molar-refractivity contribution >= 4 is 17.0 Å². The van der Waals surface area contributed by atoms with Gasteiger partial charge in [0.15, 0.2) is 0 Å². The summed E-state index contributed by atoms with van der Waals surface area (Å²) in [5.74, 6) is 0.461. The topological polar surface area (TPSA) is 26.3 Å². The molecular weight excluding hydrogens is 207 g/mol. The molecule has 60 valence electrons. The zero-order valence-electron chi connectivity index (χ0n) is 5.43. The maximum Gasteiger partial charge on any atom is 0.409 e. The van der Waals surface area contributed by atoms with E-state index in [1.165, 1.54) is 0 Å². The third-order valence-corrected chi connectivity index (χ3v) is 1.02. The standard InChI is InChI=1S/C7H5ClO2.Fe/c8-7(9)10-6-4-2-1-3-5-6;/h1-5H;. The second-order valence-electron chi connectivity index (χ2n) is 1.65. The summed E-state index contributed by atoms with van der Waals surface area (Å²) in [4.78, 5) is 10.2. The molecule has 11 heavy (non-hydrogen) atoms. The van der Waals surface area contributed by atoms with E-state index in [0.29, 0.717) is 5.75 Å². The van der Waals surface area contributed by atoms with Crippen molar-refractivity contribution in [1.29, 1.82) is 0 Å². The summed E-state index contributed by atoms with van der Waals surface area (Å²) in [5.41, 5.74) is -0.814. The van der Waals surface area contributed by atoms with Gasteiger partial charge in [0.05, 0.1) is 0 Å². The molecule has 0 aliphatic rings. The minimum Gasteiger partial charge on any atom is -0.415 e. The zero-order chi connectivity index (χ0) is 7.40. The van der Waals surface area contributed by atoms with Gasteiger partial charge in [0.1, 0.15) is 5.75 Å². The Kier molecular flexibility index (Phi) is 4.95. The minimum absolute atomic E-state index is 0. The third-order valence-electron chi connectivity index (χ3n) is 0.941. The summed E-state index contributed by atoms with van der Waals surface area (Å²) in [6.45, 7) is 0. The Morgan fingerprint density at radius 1 is 1.27 bits per heavy atom. The summed E-state index contributed by atoms with van der Waals surface area (Å²) in [6, 6.07) is 8.65. The van der Waals surface area contributed by atoms with Gasteiger partial charge in [0.25, 0.3) is 0 Å². The number of carbonyl (C=O) groups is 1. The SMILES string of the molecule is O=C(Cl)Oc1ccccc1.[Fe]. The fourth-order valence-electron chi connectivity index (χ4n) is 0.581. The van der Waals surface area contributed by atoms with E-state index >= 15 is 0 Å². The van der Waals surface area contributed by atoms with E-state index in [1.807, 2.05) is 6.07 Å². The van der Waals surface area contributed by atoms with Crippen molar-refractivity contribution in [2.75, 3.05) is 0 Å². The molecule has 2 nitrogen and oxygen atoms in total. The summed E-state index contributed by atoms with van der Waals surface area (Å²) < 4.78 is 4.54. The first-order valence-electron chi connectivity index (χ1n) is 2.71. The van der Waals surface area contributed by atoms with Crippen LogP contribution in [0.1, 0.15) is 0 Å². The van der Waals surface area contributed by atoms with Gasteiger partial charge in [-0.05, 0) is 12.1 Å². The molecule has 0 aliphatic carbocycles. The van der Waals surface area contributed by atoms with Crippen LogP contribution < -0.4 is 4.74 Å². The zero-order valence-corrected chi connectivity index (χ0v) is 7.29. The molecule has 0 radical (unpaired) electrons. The molecule has 0 aromatic heterocycles. The first kappa shape index (κ1) is 10.5. The van der Waals surface area contributed by atoms with E-state index in [0.717, 1.165) is 0 Å². The van der Waals surface area contributed by atoms with Crippen LogP contribution in [0, 0.1) is 0 Å². The van der Waals surface area contributed by atoms with Crippen LogP contribution in [0.4, 0.5) is 4.79 Å². The molecule has 1 rings (SSSR count). The molecular formula is C7H5ClFeO2. The van der Waals surface area contributed by atoms with Crippen LogP contribution >= 0.6 is 11.6 Å². The Morgan fingerprint density at radius 2 is 1.82 bits per heavy atom. The molecule has 0 atom stereocenters. The maximum absolute atomic E-state index is 10.2. The number of benzene rings is 1. The number of ether oxygens (including phenoxy) is 1. The van der Waals surface area contributed by atoms with Gasteiger partial charge in [0, 0.05) is 28.7 Å². The molecule has 1 aromatic carbocycles. The van der Waals surface area contributed by atoms with Crippen molar-refractivity contribution in [2.24, 2.45) is 0 Å². The van der Waals surface area contributed by atoms with Gasteiger partial charge in [-0.3, -0.25) is 0 Å². The smallest absolute Gasteiger partial charge is 0.409 e. The molecule has 0 amide bonds. The van der Waals surface area contributed by atoms with E-state index < -0.39 is 5.43 Å². The Morgan fingerprint density at radius 3 is 2.27 bits per heavy atom. The van der Waals surface area contributed by atoms with Crippen LogP contribution in [0.2, 0.25) is 0 Å². The maximum atomic E-state index is 10.2. The number of halogens is 1. The predicted molar refractivity (Wildman–Crippen MR) is 38.3 cm³/mol. The summed E-state index contributed by atoms with van der Waals surface area (Å²) in [6.07, 6.45) is 0. The number of para-hydroxylation sites is 1. The monoisotopic (exact) mass is 212 g/mol. The fourth-order valence-corrected chi connectivity index (χ4v) is 0.670. The van der Waals surface area contributed by atoms with Gasteiger partial charge < -0.3 is 4.74 Å². The third kappa shape index (κ3) is 4.04. The van der Waals surface area contributed by atoms with Crippen molar-refractivity contribution < 1.29 is 26.6 Å². The average molecular weight is 212 g/mol. The summed E-state index contributed by atoms with van der Waals surface area (Å²) in [7, 11) is 0. The number of hydrogen-bond donors (Lipinski definition) is 0. The van der Waals surface area contributed by atoms with Crippen molar-refractivity contribution in [2.45, 2.75) is 0 Å². The van der Waals surface area contributed by atoms with E-state index in [-0.39, 0.29) is 17.1 Å². The summed E-state index contributed by atoms with van der Waals surface area (Å²) in [5, 5.41) is 0. The average Bonchev–Trinajstić information content (AvgIpc) is 1.88. The molecule has 0 bridgehead atoms. The second kappa shape index (κ2) is 5.19. The van der Waals surface area contributed by atoms with Crippen molar-refractivity contribution in [1.82, 2.24) is 0 Å². The molecule has 0 heterocycles. The molecule has 1 aromatic rings. The Balaban J connectivity index is 0.000001000. The van der Waals surface area contributed by atoms with Crippen molar-refractivity contribution in [3.8, 4) is 5.75 Å². The van der Waals surface area contributed by atoms with Crippen LogP contribution in [0.25, 0.3) is 0 Å². The number of carbonyl (C=O) groups excluding carboxylic acids is 1. The van der Waals surface area contributed by atoms with Crippen LogP contribution in [-0.2, 0) is 17.1 Å². The van der Waals surface area contributed by atoms with Crippen LogP contribution in [0.3, 0.4) is 0 Å². The first-order chi connectivity index (χ1) is 4.79. The molecule has 0 N–H and O–H groups in total. The van der Waals surface area contributed by atoms with Gasteiger partial charge in [-0.1, -0.05) is 18.2 Å². The van der Waals surface area contributed by atoms with Gasteiger partial charge >= 0.3 is 5.43 Å². The van der Waals surface area contributed by atoms with E-state index in [1.54, 1.807) is 24.3 Å². The number of rotatable bonds is 1. The van der Waals surface area contributed by atoms with E-state index in [9.17, 15) is 4.79 Å². The molecule has 0 spiro atoms. The predicted octanol–water partition coefficient (Wildman–Crippen LogP) is 2.42. The van der Waals surface area contributed by atoms with E-state index in [4.69, 9.17) is 11.6 Å². The molecule has 0 unspecified atom stereocenters. The van der Waals surface area contributed by atoms with Crippen molar-refractivity contribution in [3.63, 3.8) is 0 Å². The van der Waals surface area contributed by atoms with Crippen LogP contribution in [0.15, 0.2) is 30.3 Å². The van der Waals surface area contributed by atoms with Gasteiger partial charge in [0.2, 0.25) is 0 Å².